The van der Waals surface area contributed by atoms with Gasteiger partial charge < -0.3 is 9.88 Å². The topological polar surface area (TPSA) is 19.0 Å². The lowest BCUT2D eigenvalue weighted by Gasteiger charge is -2.36. The van der Waals surface area contributed by atoms with Crippen molar-refractivity contribution >= 4 is 12.3 Å². The fourth-order valence-corrected chi connectivity index (χ4v) is 1.98. The second-order valence-corrected chi connectivity index (χ2v) is 4.15. The minimum absolute atomic E-state index is 0.754. The third kappa shape index (κ3) is 1.45. The van der Waals surface area contributed by atoms with Crippen molar-refractivity contribution in [2.24, 2.45) is 0 Å². The number of hydrogen-bond acceptors (Lipinski definition) is 1. The van der Waals surface area contributed by atoms with Crippen LogP contribution >= 0.6 is 0 Å². The molecular weight excluding hydrogens is 172 g/mol. The predicted octanol–water partition coefficient (Wildman–Crippen LogP) is 1.04. The van der Waals surface area contributed by atoms with Crippen LogP contribution in [-0.4, -0.2) is 23.0 Å². The van der Waals surface area contributed by atoms with E-state index in [0.29, 0.717) is 0 Å². The molecule has 2 heteroatoms. The predicted molar refractivity (Wildman–Crippen MR) is 60.0 cm³/mol. The highest BCUT2D eigenvalue weighted by Crippen LogP contribution is 2.25. The maximum Gasteiger partial charge on any atom is 0.0398 e. The van der Waals surface area contributed by atoms with Crippen molar-refractivity contribution in [1.82, 2.24) is 9.88 Å². The maximum absolute atomic E-state index is 3.98. The lowest BCUT2D eigenvalue weighted by atomic mass is 9.91. The quantitative estimate of drug-likeness (QED) is 0.738. The molecule has 1 aliphatic rings. The number of aromatic amines is 1. The van der Waals surface area contributed by atoms with Crippen molar-refractivity contribution in [3.63, 3.8) is 0 Å². The van der Waals surface area contributed by atoms with Gasteiger partial charge in [-0.15, -0.1) is 0 Å². The molecule has 0 saturated heterocycles. The summed E-state index contributed by atoms with van der Waals surface area (Å²) in [5.74, 6) is 0. The Morgan fingerprint density at radius 3 is 2.71 bits per heavy atom. The molecule has 1 heterocycles. The van der Waals surface area contributed by atoms with Crippen LogP contribution in [0.3, 0.4) is 0 Å². The standard InChI is InChI=1S/C12H18N2/c1-9-12(7-8-13-9)10(2)14(3)11-5-4-6-11/h7-8,11,13H,1,4-6H2,2-3H3/b12-10+. The van der Waals surface area contributed by atoms with E-state index in [2.05, 4.69) is 36.5 Å². The average Bonchev–Trinajstić information content (AvgIpc) is 2.47. The monoisotopic (exact) mass is 190 g/mol. The minimum atomic E-state index is 0.754. The first kappa shape index (κ1) is 9.38. The van der Waals surface area contributed by atoms with E-state index in [4.69, 9.17) is 0 Å². The molecule has 1 fully saturated rings. The van der Waals surface area contributed by atoms with Crippen LogP contribution in [0.1, 0.15) is 26.2 Å². The highest BCUT2D eigenvalue weighted by Gasteiger charge is 2.22. The van der Waals surface area contributed by atoms with E-state index in [0.717, 1.165) is 11.4 Å². The van der Waals surface area contributed by atoms with Gasteiger partial charge in [0, 0.05) is 35.6 Å². The van der Waals surface area contributed by atoms with Crippen molar-refractivity contribution in [3.05, 3.63) is 22.8 Å². The third-order valence-corrected chi connectivity index (χ3v) is 3.37. The lowest BCUT2D eigenvalue weighted by Crippen LogP contribution is -2.39. The normalized spacial score (nSPS) is 19.0. The summed E-state index contributed by atoms with van der Waals surface area (Å²) in [5, 5.41) is 2.27. The fraction of sp³-hybridized carbons (Fsp3) is 0.500. The fourth-order valence-electron chi connectivity index (χ4n) is 1.98. The summed E-state index contributed by atoms with van der Waals surface area (Å²) < 4.78 is 0. The van der Waals surface area contributed by atoms with Gasteiger partial charge in [-0.25, -0.2) is 0 Å². The van der Waals surface area contributed by atoms with E-state index >= 15 is 0 Å². The zero-order valence-corrected chi connectivity index (χ0v) is 9.01. The summed E-state index contributed by atoms with van der Waals surface area (Å²) >= 11 is 0. The van der Waals surface area contributed by atoms with Crippen LogP contribution in [0, 0.1) is 0 Å². The van der Waals surface area contributed by atoms with Crippen LogP contribution in [0.4, 0.5) is 0 Å². The second kappa shape index (κ2) is 3.52. The lowest BCUT2D eigenvalue weighted by molar-refractivity contribution is 0.226. The van der Waals surface area contributed by atoms with Crippen LogP contribution in [-0.2, 0) is 0 Å². The molecule has 1 aromatic rings. The van der Waals surface area contributed by atoms with E-state index in [9.17, 15) is 0 Å². The van der Waals surface area contributed by atoms with Gasteiger partial charge in [0.25, 0.3) is 0 Å². The van der Waals surface area contributed by atoms with Gasteiger partial charge in [-0.3, -0.25) is 0 Å². The van der Waals surface area contributed by atoms with E-state index in [1.54, 1.807) is 0 Å². The van der Waals surface area contributed by atoms with Crippen molar-refractivity contribution in [3.8, 4) is 0 Å². The van der Waals surface area contributed by atoms with Gasteiger partial charge in [0.15, 0.2) is 0 Å². The number of nitrogens with zero attached hydrogens (tertiary/aromatic N) is 1. The number of H-pyrrole nitrogens is 1. The van der Waals surface area contributed by atoms with Crippen molar-refractivity contribution in [2.75, 3.05) is 7.05 Å². The molecule has 1 aliphatic carbocycles. The molecule has 1 N–H and O–H groups in total. The first-order valence-corrected chi connectivity index (χ1v) is 5.26. The third-order valence-electron chi connectivity index (χ3n) is 3.37. The Morgan fingerprint density at radius 2 is 2.29 bits per heavy atom. The smallest absolute Gasteiger partial charge is 0.0398 e. The SMILES string of the molecule is C=c1[nH]cc/c1=C(/C)N(C)C1CCC1. The van der Waals surface area contributed by atoms with Crippen LogP contribution in [0.5, 0.6) is 0 Å². The van der Waals surface area contributed by atoms with E-state index in [1.807, 2.05) is 6.20 Å². The molecule has 0 spiro atoms. The van der Waals surface area contributed by atoms with Crippen LogP contribution < -0.4 is 10.6 Å². The molecule has 2 rings (SSSR count). The Labute approximate surface area is 84.9 Å². The van der Waals surface area contributed by atoms with Gasteiger partial charge in [-0.1, -0.05) is 6.58 Å². The summed E-state index contributed by atoms with van der Waals surface area (Å²) in [4.78, 5) is 5.51. The van der Waals surface area contributed by atoms with Gasteiger partial charge in [-0.05, 0) is 32.3 Å². The molecule has 2 nitrogen and oxygen atoms in total. The van der Waals surface area contributed by atoms with Gasteiger partial charge in [0.1, 0.15) is 0 Å². The Hall–Kier alpha value is -1.18. The summed E-state index contributed by atoms with van der Waals surface area (Å²) in [6.45, 7) is 6.16. The second-order valence-electron chi connectivity index (χ2n) is 4.15. The molecular formula is C12H18N2. The Bertz CT molecular complexity index is 412. The van der Waals surface area contributed by atoms with Crippen LogP contribution in [0.25, 0.3) is 12.3 Å². The summed E-state index contributed by atoms with van der Waals surface area (Å²) in [6.07, 6.45) is 6.01. The molecule has 0 atom stereocenters. The number of hydrogen-bond donors (Lipinski definition) is 1. The summed E-state index contributed by atoms with van der Waals surface area (Å²) in [6, 6.07) is 2.86. The molecule has 0 aromatic carbocycles. The van der Waals surface area contributed by atoms with Gasteiger partial charge in [0.2, 0.25) is 0 Å². The molecule has 1 saturated carbocycles. The minimum Gasteiger partial charge on any atom is -0.375 e. The number of aromatic nitrogens is 1. The van der Waals surface area contributed by atoms with Crippen LogP contribution in [0.2, 0.25) is 0 Å². The Kier molecular flexibility index (Phi) is 2.36. The Balaban J connectivity index is 2.34. The van der Waals surface area contributed by atoms with Crippen molar-refractivity contribution in [2.45, 2.75) is 32.2 Å². The molecule has 0 amide bonds. The van der Waals surface area contributed by atoms with Gasteiger partial charge >= 0.3 is 0 Å². The molecule has 0 radical (unpaired) electrons. The molecule has 0 unspecified atom stereocenters. The first-order chi connectivity index (χ1) is 6.70. The molecule has 0 aliphatic heterocycles. The van der Waals surface area contributed by atoms with Gasteiger partial charge in [0.05, 0.1) is 0 Å². The molecule has 14 heavy (non-hydrogen) atoms. The average molecular weight is 190 g/mol. The maximum atomic E-state index is 3.98. The van der Waals surface area contributed by atoms with Gasteiger partial charge in [-0.2, -0.15) is 0 Å². The summed E-state index contributed by atoms with van der Waals surface area (Å²) in [7, 11) is 2.19. The zero-order chi connectivity index (χ0) is 10.1. The number of nitrogens with one attached hydrogen (secondary N) is 1. The van der Waals surface area contributed by atoms with Crippen molar-refractivity contribution in [1.29, 1.82) is 0 Å². The highest BCUT2D eigenvalue weighted by molar-refractivity contribution is 5.40. The van der Waals surface area contributed by atoms with E-state index in [1.165, 1.54) is 30.2 Å². The largest absolute Gasteiger partial charge is 0.375 e. The van der Waals surface area contributed by atoms with E-state index < -0.39 is 0 Å². The first-order valence-electron chi connectivity index (χ1n) is 5.26. The molecule has 0 bridgehead atoms. The summed E-state index contributed by atoms with van der Waals surface area (Å²) in [5.41, 5.74) is 1.33. The number of rotatable bonds is 2. The van der Waals surface area contributed by atoms with Crippen molar-refractivity contribution < 1.29 is 0 Å². The van der Waals surface area contributed by atoms with E-state index in [-0.39, 0.29) is 0 Å². The molecule has 76 valence electrons. The van der Waals surface area contributed by atoms with Crippen LogP contribution in [0.15, 0.2) is 12.3 Å². The Morgan fingerprint density at radius 1 is 1.57 bits per heavy atom. The molecule has 1 aromatic heterocycles. The highest BCUT2D eigenvalue weighted by atomic mass is 15.1. The zero-order valence-electron chi connectivity index (χ0n) is 9.01.